The first-order valence-corrected chi connectivity index (χ1v) is 24.6. The zero-order valence-corrected chi connectivity index (χ0v) is 39.6. The van der Waals surface area contributed by atoms with Crippen LogP contribution in [0.15, 0.2) is 122 Å². The minimum Gasteiger partial charge on any atom is -0.462 e. The molecule has 348 valence electrons. The van der Waals surface area contributed by atoms with Crippen LogP contribution < -0.4 is 0 Å². The van der Waals surface area contributed by atoms with Crippen molar-refractivity contribution in [2.45, 2.75) is 200 Å². The lowest BCUT2D eigenvalue weighted by Gasteiger charge is -2.18. The Morgan fingerprint density at radius 3 is 1.26 bits per heavy atom. The number of carbonyl (C=O) groups excluding carboxylic acids is 3. The third-order valence-corrected chi connectivity index (χ3v) is 9.87. The van der Waals surface area contributed by atoms with E-state index in [1.54, 1.807) is 0 Å². The third-order valence-electron chi connectivity index (χ3n) is 9.87. The molecule has 0 aliphatic heterocycles. The molecular formula is C56H88O6. The van der Waals surface area contributed by atoms with E-state index >= 15 is 0 Å². The number of rotatable bonds is 42. The molecule has 1 unspecified atom stereocenters. The van der Waals surface area contributed by atoms with E-state index in [4.69, 9.17) is 14.2 Å². The van der Waals surface area contributed by atoms with Crippen molar-refractivity contribution in [3.8, 4) is 0 Å². The Kier molecular flexibility index (Phi) is 46.1. The summed E-state index contributed by atoms with van der Waals surface area (Å²) in [5.74, 6) is -1.11. The molecule has 0 radical (unpaired) electrons. The second-order valence-corrected chi connectivity index (χ2v) is 15.8. The number of unbranched alkanes of at least 4 members (excludes halogenated alkanes) is 17. The maximum absolute atomic E-state index is 12.7. The average molecular weight is 857 g/mol. The fourth-order valence-electron chi connectivity index (χ4n) is 6.17. The fraction of sp³-hybridized carbons (Fsp3) is 0.589. The van der Waals surface area contributed by atoms with E-state index in [1.807, 2.05) is 60.8 Å². The highest BCUT2D eigenvalue weighted by molar-refractivity contribution is 5.71. The van der Waals surface area contributed by atoms with Gasteiger partial charge in [0.05, 0.1) is 0 Å². The summed E-state index contributed by atoms with van der Waals surface area (Å²) in [6.07, 6.45) is 67.7. The Morgan fingerprint density at radius 1 is 0.355 bits per heavy atom. The summed E-state index contributed by atoms with van der Waals surface area (Å²) in [4.78, 5) is 37.8. The Morgan fingerprint density at radius 2 is 0.742 bits per heavy atom. The van der Waals surface area contributed by atoms with Crippen molar-refractivity contribution in [3.63, 3.8) is 0 Å². The smallest absolute Gasteiger partial charge is 0.306 e. The van der Waals surface area contributed by atoms with Crippen molar-refractivity contribution in [2.24, 2.45) is 0 Å². The van der Waals surface area contributed by atoms with Crippen LogP contribution in [0.3, 0.4) is 0 Å². The number of carbonyl (C=O) groups is 3. The van der Waals surface area contributed by atoms with E-state index in [0.717, 1.165) is 64.2 Å². The molecular weight excluding hydrogens is 769 g/mol. The molecule has 0 aromatic rings. The van der Waals surface area contributed by atoms with Crippen LogP contribution in [-0.2, 0) is 28.6 Å². The first kappa shape index (κ1) is 57.8. The monoisotopic (exact) mass is 857 g/mol. The summed E-state index contributed by atoms with van der Waals surface area (Å²) < 4.78 is 16.6. The normalized spacial score (nSPS) is 13.1. The molecule has 62 heavy (non-hydrogen) atoms. The zero-order chi connectivity index (χ0) is 45.1. The summed E-state index contributed by atoms with van der Waals surface area (Å²) in [6.45, 7) is 6.31. The lowest BCUT2D eigenvalue weighted by Crippen LogP contribution is -2.30. The standard InChI is InChI=1S/C56H88O6/c1-4-7-10-13-16-19-22-25-26-27-28-29-32-34-37-40-43-46-49-55(58)61-52-53(62-56(59)50-47-44-41-38-35-31-24-21-18-15-12-9-6-3)51-60-54(57)48-45-42-39-36-33-30-23-20-17-14-11-8-5-2/h9,12,15,18,21-22,24-31,33,35,38-39,41-42,53H,4-8,10-11,13-14,16-17,19-20,23,32,34,36-37,40,43-52H2,1-3H3/b12-9+,18-15+,24-21+,25-22+,27-26+,29-28+,33-30+,35-31+,41-38+,42-39+. The molecule has 6 heteroatoms. The van der Waals surface area contributed by atoms with Crippen molar-refractivity contribution < 1.29 is 28.6 Å². The number of esters is 3. The second-order valence-electron chi connectivity index (χ2n) is 15.8. The van der Waals surface area contributed by atoms with Gasteiger partial charge in [-0.15, -0.1) is 0 Å². The highest BCUT2D eigenvalue weighted by atomic mass is 16.6. The Labute approximate surface area is 380 Å². The summed E-state index contributed by atoms with van der Waals surface area (Å²) >= 11 is 0. The number of hydrogen-bond acceptors (Lipinski definition) is 6. The van der Waals surface area contributed by atoms with Crippen LogP contribution in [0.2, 0.25) is 0 Å². The molecule has 0 N–H and O–H groups in total. The summed E-state index contributed by atoms with van der Waals surface area (Å²) in [7, 11) is 0. The van der Waals surface area contributed by atoms with E-state index in [1.165, 1.54) is 70.6 Å². The Bertz CT molecular complexity index is 1350. The van der Waals surface area contributed by atoms with Crippen molar-refractivity contribution >= 4 is 17.9 Å². The topological polar surface area (TPSA) is 78.9 Å². The van der Waals surface area contributed by atoms with Crippen LogP contribution in [0.1, 0.15) is 194 Å². The molecule has 6 nitrogen and oxygen atoms in total. The fourth-order valence-corrected chi connectivity index (χ4v) is 6.17. The van der Waals surface area contributed by atoms with Gasteiger partial charge >= 0.3 is 17.9 Å². The molecule has 0 bridgehead atoms. The van der Waals surface area contributed by atoms with E-state index < -0.39 is 12.1 Å². The van der Waals surface area contributed by atoms with Crippen LogP contribution in [0.25, 0.3) is 0 Å². The van der Waals surface area contributed by atoms with Crippen LogP contribution in [0.5, 0.6) is 0 Å². The maximum Gasteiger partial charge on any atom is 0.306 e. The predicted octanol–water partition coefficient (Wildman–Crippen LogP) is 16.1. The lowest BCUT2D eigenvalue weighted by molar-refractivity contribution is -0.166. The van der Waals surface area contributed by atoms with Crippen molar-refractivity contribution in [1.82, 2.24) is 0 Å². The third kappa shape index (κ3) is 46.9. The summed E-state index contributed by atoms with van der Waals surface area (Å²) in [5, 5.41) is 0. The quantitative estimate of drug-likeness (QED) is 0.0200. The highest BCUT2D eigenvalue weighted by Gasteiger charge is 2.19. The maximum atomic E-state index is 12.7. The molecule has 0 aromatic heterocycles. The van der Waals surface area contributed by atoms with Crippen LogP contribution in [0.4, 0.5) is 0 Å². The van der Waals surface area contributed by atoms with Crippen LogP contribution in [0, 0.1) is 0 Å². The molecule has 0 aromatic carbocycles. The molecule has 0 saturated carbocycles. The van der Waals surface area contributed by atoms with E-state index in [9.17, 15) is 14.4 Å². The van der Waals surface area contributed by atoms with E-state index in [0.29, 0.717) is 25.7 Å². The van der Waals surface area contributed by atoms with E-state index in [-0.39, 0.29) is 38.0 Å². The average Bonchev–Trinajstić information content (AvgIpc) is 3.27. The van der Waals surface area contributed by atoms with Gasteiger partial charge in [0.15, 0.2) is 6.10 Å². The SMILES string of the molecule is CC/C=C/C=C/C=C/C=C/C=C/CCCC(=O)OC(COC(=O)CC/C=C/C/C=C/CCCCCCCC)COC(=O)CCCCCCC/C=C/C=C/C=C/CCCCCCC. The number of allylic oxidation sites excluding steroid dienone is 20. The summed E-state index contributed by atoms with van der Waals surface area (Å²) in [6, 6.07) is 0. The van der Waals surface area contributed by atoms with Gasteiger partial charge in [0.25, 0.3) is 0 Å². The van der Waals surface area contributed by atoms with Gasteiger partial charge in [-0.25, -0.2) is 0 Å². The van der Waals surface area contributed by atoms with Gasteiger partial charge in [-0.1, -0.05) is 219 Å². The minimum absolute atomic E-state index is 0.138. The highest BCUT2D eigenvalue weighted by Crippen LogP contribution is 2.11. The first-order chi connectivity index (χ1) is 30.5. The Hall–Kier alpha value is -4.19. The molecule has 0 saturated heterocycles. The van der Waals surface area contributed by atoms with Crippen LogP contribution >= 0.6 is 0 Å². The number of ether oxygens (including phenoxy) is 3. The number of hydrogen-bond donors (Lipinski definition) is 0. The second kappa shape index (κ2) is 49.5. The van der Waals surface area contributed by atoms with Gasteiger partial charge in [-0.3, -0.25) is 14.4 Å². The van der Waals surface area contributed by atoms with Gasteiger partial charge in [-0.2, -0.15) is 0 Å². The Balaban J connectivity index is 4.59. The predicted molar refractivity (Wildman–Crippen MR) is 265 cm³/mol. The minimum atomic E-state index is -0.848. The first-order valence-electron chi connectivity index (χ1n) is 24.6. The van der Waals surface area contributed by atoms with Gasteiger partial charge in [0.2, 0.25) is 0 Å². The zero-order valence-electron chi connectivity index (χ0n) is 39.6. The lowest BCUT2D eigenvalue weighted by atomic mass is 10.1. The molecule has 0 aliphatic carbocycles. The van der Waals surface area contributed by atoms with Gasteiger partial charge < -0.3 is 14.2 Å². The largest absolute Gasteiger partial charge is 0.462 e. The van der Waals surface area contributed by atoms with Gasteiger partial charge in [-0.05, 0) is 77.0 Å². The molecule has 0 fully saturated rings. The molecule has 0 rings (SSSR count). The van der Waals surface area contributed by atoms with Crippen molar-refractivity contribution in [3.05, 3.63) is 122 Å². The summed E-state index contributed by atoms with van der Waals surface area (Å²) in [5.41, 5.74) is 0. The van der Waals surface area contributed by atoms with Crippen LogP contribution in [-0.4, -0.2) is 37.2 Å². The molecule has 0 aliphatic rings. The molecule has 1 atom stereocenters. The van der Waals surface area contributed by atoms with Crippen molar-refractivity contribution in [2.75, 3.05) is 13.2 Å². The molecule has 0 amide bonds. The van der Waals surface area contributed by atoms with E-state index in [2.05, 4.69) is 81.5 Å². The van der Waals surface area contributed by atoms with Crippen molar-refractivity contribution in [1.29, 1.82) is 0 Å². The van der Waals surface area contributed by atoms with Gasteiger partial charge in [0.1, 0.15) is 13.2 Å². The van der Waals surface area contributed by atoms with Gasteiger partial charge in [0, 0.05) is 19.3 Å². The molecule has 0 heterocycles. The molecule has 0 spiro atoms.